The smallest absolute Gasteiger partial charge is 0.315 e. The summed E-state index contributed by atoms with van der Waals surface area (Å²) in [7, 11) is 1.44. The van der Waals surface area contributed by atoms with E-state index in [0.717, 1.165) is 25.7 Å². The lowest BCUT2D eigenvalue weighted by Gasteiger charge is -2.26. The molecule has 18 heavy (non-hydrogen) atoms. The summed E-state index contributed by atoms with van der Waals surface area (Å²) in [5.74, 6) is -0.938. The molecule has 3 N–H and O–H groups in total. The van der Waals surface area contributed by atoms with E-state index in [-0.39, 0.29) is 24.5 Å². The lowest BCUT2D eigenvalue weighted by molar-refractivity contribution is -0.139. The third-order valence-corrected chi connectivity index (χ3v) is 3.35. The van der Waals surface area contributed by atoms with Crippen LogP contribution in [0, 0.1) is 0 Å². The average molecular weight is 258 g/mol. The van der Waals surface area contributed by atoms with Gasteiger partial charge >= 0.3 is 12.0 Å². The number of urea groups is 1. The quantitative estimate of drug-likeness (QED) is 0.666. The Morgan fingerprint density at radius 2 is 2.00 bits per heavy atom. The molecule has 0 aromatic carbocycles. The Morgan fingerprint density at radius 1 is 1.39 bits per heavy atom. The molecule has 1 fully saturated rings. The van der Waals surface area contributed by atoms with Crippen LogP contribution in [0.15, 0.2) is 0 Å². The van der Waals surface area contributed by atoms with Gasteiger partial charge in [0.05, 0.1) is 12.5 Å². The van der Waals surface area contributed by atoms with Crippen LogP contribution in [0.4, 0.5) is 4.79 Å². The second-order valence-corrected chi connectivity index (χ2v) is 5.06. The van der Waals surface area contributed by atoms with E-state index in [1.807, 2.05) is 6.92 Å². The fourth-order valence-electron chi connectivity index (χ4n) is 2.24. The zero-order chi connectivity index (χ0) is 13.6. The predicted octanol–water partition coefficient (Wildman–Crippen LogP) is 1.11. The third-order valence-electron chi connectivity index (χ3n) is 3.35. The van der Waals surface area contributed by atoms with Gasteiger partial charge in [-0.25, -0.2) is 4.79 Å². The number of rotatable bonds is 6. The number of carboxylic acids is 1. The summed E-state index contributed by atoms with van der Waals surface area (Å²) in [6.45, 7) is 2.23. The maximum Gasteiger partial charge on any atom is 0.315 e. The molecule has 0 aromatic heterocycles. The topological polar surface area (TPSA) is 87.7 Å². The fraction of sp³-hybridized carbons (Fsp3) is 0.833. The van der Waals surface area contributed by atoms with E-state index < -0.39 is 12.1 Å². The Balaban J connectivity index is 2.29. The minimum Gasteiger partial charge on any atom is -0.481 e. The van der Waals surface area contributed by atoms with Gasteiger partial charge in [0.15, 0.2) is 0 Å². The highest BCUT2D eigenvalue weighted by molar-refractivity contribution is 5.75. The van der Waals surface area contributed by atoms with E-state index in [4.69, 9.17) is 9.84 Å². The molecule has 6 heteroatoms. The van der Waals surface area contributed by atoms with Gasteiger partial charge in [-0.2, -0.15) is 0 Å². The van der Waals surface area contributed by atoms with E-state index in [0.29, 0.717) is 0 Å². The van der Waals surface area contributed by atoms with E-state index in [2.05, 4.69) is 10.6 Å². The highest BCUT2D eigenvalue weighted by Gasteiger charge is 2.30. The van der Waals surface area contributed by atoms with Gasteiger partial charge in [-0.1, -0.05) is 12.8 Å². The molecule has 0 bridgehead atoms. The Morgan fingerprint density at radius 3 is 2.50 bits per heavy atom. The molecule has 2 amide bonds. The minimum atomic E-state index is -0.938. The number of hydrogen-bond donors (Lipinski definition) is 3. The van der Waals surface area contributed by atoms with Crippen LogP contribution in [-0.2, 0) is 9.53 Å². The Kier molecular flexibility index (Phi) is 5.40. The molecule has 0 aromatic rings. The second-order valence-electron chi connectivity index (χ2n) is 5.06. The normalized spacial score (nSPS) is 19.2. The number of carbonyl (C=O) groups excluding carboxylic acids is 1. The second kappa shape index (κ2) is 6.58. The van der Waals surface area contributed by atoms with Crippen molar-refractivity contribution in [3.8, 4) is 0 Å². The summed E-state index contributed by atoms with van der Waals surface area (Å²) in [5, 5.41) is 14.2. The standard InChI is InChI=1S/C12H22N2O4/c1-12(5-3-4-6-12)14-11(17)13-8-9(18-2)7-10(15)16/h9H,3-8H2,1-2H3,(H,15,16)(H2,13,14,17). The summed E-state index contributed by atoms with van der Waals surface area (Å²) in [4.78, 5) is 22.2. The lowest BCUT2D eigenvalue weighted by Crippen LogP contribution is -2.50. The molecule has 1 unspecified atom stereocenters. The molecule has 0 radical (unpaired) electrons. The number of aliphatic carboxylic acids is 1. The number of hydrogen-bond acceptors (Lipinski definition) is 3. The molecule has 0 saturated heterocycles. The SMILES string of the molecule is COC(CNC(=O)NC1(C)CCCC1)CC(=O)O. The van der Waals surface area contributed by atoms with Crippen molar-refractivity contribution in [2.75, 3.05) is 13.7 Å². The van der Waals surface area contributed by atoms with E-state index in [1.165, 1.54) is 7.11 Å². The molecule has 1 aliphatic carbocycles. The number of ether oxygens (including phenoxy) is 1. The number of methoxy groups -OCH3 is 1. The average Bonchev–Trinajstić information content (AvgIpc) is 2.70. The number of carboxylic acid groups (broad SMARTS) is 1. The van der Waals surface area contributed by atoms with Gasteiger partial charge in [0.2, 0.25) is 0 Å². The predicted molar refractivity (Wildman–Crippen MR) is 66.5 cm³/mol. The van der Waals surface area contributed by atoms with Crippen molar-refractivity contribution in [2.45, 2.75) is 50.7 Å². The number of amides is 2. The van der Waals surface area contributed by atoms with Gasteiger partial charge < -0.3 is 20.5 Å². The van der Waals surface area contributed by atoms with Crippen molar-refractivity contribution in [1.82, 2.24) is 10.6 Å². The Bertz CT molecular complexity index is 300. The summed E-state index contributed by atoms with van der Waals surface area (Å²) >= 11 is 0. The largest absolute Gasteiger partial charge is 0.481 e. The molecule has 6 nitrogen and oxygen atoms in total. The van der Waals surface area contributed by atoms with Gasteiger partial charge in [0, 0.05) is 19.2 Å². The van der Waals surface area contributed by atoms with Crippen LogP contribution in [0.1, 0.15) is 39.0 Å². The van der Waals surface area contributed by atoms with Gasteiger partial charge in [-0.3, -0.25) is 4.79 Å². The summed E-state index contributed by atoms with van der Waals surface area (Å²) in [6, 6.07) is -0.258. The number of nitrogens with one attached hydrogen (secondary N) is 2. The third kappa shape index (κ3) is 4.91. The van der Waals surface area contributed by atoms with Gasteiger partial charge in [0.1, 0.15) is 0 Å². The lowest BCUT2D eigenvalue weighted by atomic mass is 10.0. The summed E-state index contributed by atoms with van der Waals surface area (Å²) in [5.41, 5.74) is -0.126. The molecular weight excluding hydrogens is 236 g/mol. The highest BCUT2D eigenvalue weighted by Crippen LogP contribution is 2.28. The van der Waals surface area contributed by atoms with Crippen LogP contribution in [0.5, 0.6) is 0 Å². The first-order valence-electron chi connectivity index (χ1n) is 6.26. The first-order valence-corrected chi connectivity index (χ1v) is 6.26. The zero-order valence-electron chi connectivity index (χ0n) is 11.0. The van der Waals surface area contributed by atoms with Gasteiger partial charge in [-0.05, 0) is 19.8 Å². The van der Waals surface area contributed by atoms with Gasteiger partial charge in [0.25, 0.3) is 0 Å². The van der Waals surface area contributed by atoms with Crippen LogP contribution in [0.3, 0.4) is 0 Å². The highest BCUT2D eigenvalue weighted by atomic mass is 16.5. The van der Waals surface area contributed by atoms with E-state index >= 15 is 0 Å². The van der Waals surface area contributed by atoms with Crippen molar-refractivity contribution in [3.05, 3.63) is 0 Å². The summed E-state index contributed by atoms with van der Waals surface area (Å²) in [6.07, 6.45) is 3.64. The monoisotopic (exact) mass is 258 g/mol. The molecule has 1 rings (SSSR count). The maximum absolute atomic E-state index is 11.7. The number of carbonyl (C=O) groups is 2. The van der Waals surface area contributed by atoms with Gasteiger partial charge in [-0.15, -0.1) is 0 Å². The first kappa shape index (κ1) is 14.8. The molecule has 1 saturated carbocycles. The van der Waals surface area contributed by atoms with Crippen LogP contribution >= 0.6 is 0 Å². The van der Waals surface area contributed by atoms with Crippen molar-refractivity contribution in [3.63, 3.8) is 0 Å². The van der Waals surface area contributed by atoms with E-state index in [1.54, 1.807) is 0 Å². The Labute approximate surface area is 107 Å². The van der Waals surface area contributed by atoms with E-state index in [9.17, 15) is 9.59 Å². The molecule has 104 valence electrons. The summed E-state index contributed by atoms with van der Waals surface area (Å²) < 4.78 is 4.98. The maximum atomic E-state index is 11.7. The zero-order valence-corrected chi connectivity index (χ0v) is 11.0. The molecule has 0 spiro atoms. The molecular formula is C12H22N2O4. The molecule has 1 atom stereocenters. The van der Waals surface area contributed by atoms with Crippen molar-refractivity contribution in [2.24, 2.45) is 0 Å². The molecule has 0 heterocycles. The van der Waals surface area contributed by atoms with Crippen LogP contribution < -0.4 is 10.6 Å². The minimum absolute atomic E-state index is 0.117. The van der Waals surface area contributed by atoms with Crippen LogP contribution in [0.25, 0.3) is 0 Å². The van der Waals surface area contributed by atoms with Crippen LogP contribution in [0.2, 0.25) is 0 Å². The Hall–Kier alpha value is -1.30. The van der Waals surface area contributed by atoms with Crippen molar-refractivity contribution in [1.29, 1.82) is 0 Å². The molecule has 1 aliphatic rings. The van der Waals surface area contributed by atoms with Crippen LogP contribution in [-0.4, -0.2) is 42.4 Å². The van der Waals surface area contributed by atoms with Crippen molar-refractivity contribution < 1.29 is 19.4 Å². The fourth-order valence-corrected chi connectivity index (χ4v) is 2.24. The van der Waals surface area contributed by atoms with Crippen molar-refractivity contribution >= 4 is 12.0 Å². The first-order chi connectivity index (χ1) is 8.45. The molecule has 0 aliphatic heterocycles.